The third-order valence-corrected chi connectivity index (χ3v) is 3.09. The smallest absolute Gasteiger partial charge is 0.0223 e. The van der Waals surface area contributed by atoms with Crippen LogP contribution in [0.5, 0.6) is 0 Å². The maximum Gasteiger partial charge on any atom is 0.0223 e. The number of aromatic nitrogens is 1. The Kier molecular flexibility index (Phi) is 3.97. The van der Waals surface area contributed by atoms with Gasteiger partial charge in [-0.1, -0.05) is 20.8 Å². The Hall–Kier alpha value is -0.760. The van der Waals surface area contributed by atoms with Gasteiger partial charge in [0.05, 0.1) is 0 Å². The van der Waals surface area contributed by atoms with Crippen molar-refractivity contribution in [3.05, 3.63) is 24.0 Å². The van der Waals surface area contributed by atoms with E-state index in [9.17, 15) is 0 Å². The third-order valence-electron chi connectivity index (χ3n) is 3.09. The van der Waals surface area contributed by atoms with Gasteiger partial charge < -0.3 is 9.88 Å². The van der Waals surface area contributed by atoms with Crippen molar-refractivity contribution in [1.29, 1.82) is 0 Å². The van der Waals surface area contributed by atoms with Crippen LogP contribution in [0, 0.1) is 5.41 Å². The molecular weight excluding hydrogens is 184 g/mol. The monoisotopic (exact) mass is 208 g/mol. The van der Waals surface area contributed by atoms with E-state index in [1.165, 1.54) is 5.56 Å². The van der Waals surface area contributed by atoms with Crippen LogP contribution in [0.2, 0.25) is 0 Å². The van der Waals surface area contributed by atoms with Crippen LogP contribution in [-0.4, -0.2) is 10.6 Å². The van der Waals surface area contributed by atoms with E-state index in [0.717, 1.165) is 13.1 Å². The first-order valence-corrected chi connectivity index (χ1v) is 5.81. The first-order chi connectivity index (χ1) is 6.93. The fraction of sp³-hybridized carbons (Fsp3) is 0.692. The molecule has 15 heavy (non-hydrogen) atoms. The van der Waals surface area contributed by atoms with Crippen molar-refractivity contribution < 1.29 is 0 Å². The van der Waals surface area contributed by atoms with Crippen molar-refractivity contribution in [3.8, 4) is 0 Å². The minimum atomic E-state index is 0.327. The zero-order valence-electron chi connectivity index (χ0n) is 10.7. The average molecular weight is 208 g/mol. The topological polar surface area (TPSA) is 17.0 Å². The molecule has 0 saturated heterocycles. The molecule has 86 valence electrons. The van der Waals surface area contributed by atoms with Crippen molar-refractivity contribution in [2.75, 3.05) is 0 Å². The quantitative estimate of drug-likeness (QED) is 0.805. The maximum absolute atomic E-state index is 3.56. The molecule has 0 aliphatic carbocycles. The van der Waals surface area contributed by atoms with Gasteiger partial charge in [0.15, 0.2) is 0 Å². The van der Waals surface area contributed by atoms with Crippen LogP contribution in [0.15, 0.2) is 18.5 Å². The van der Waals surface area contributed by atoms with Crippen LogP contribution in [0.3, 0.4) is 0 Å². The van der Waals surface area contributed by atoms with Gasteiger partial charge in [-0.05, 0) is 30.9 Å². The van der Waals surface area contributed by atoms with Gasteiger partial charge in [0.25, 0.3) is 0 Å². The first kappa shape index (κ1) is 12.3. The molecule has 1 atom stereocenters. The summed E-state index contributed by atoms with van der Waals surface area (Å²) in [5.74, 6) is 0. The predicted molar refractivity (Wildman–Crippen MR) is 65.9 cm³/mol. The van der Waals surface area contributed by atoms with E-state index in [0.29, 0.717) is 11.5 Å². The van der Waals surface area contributed by atoms with Gasteiger partial charge in [0, 0.05) is 31.5 Å². The minimum Gasteiger partial charge on any atom is -0.354 e. The van der Waals surface area contributed by atoms with Crippen molar-refractivity contribution in [1.82, 2.24) is 9.88 Å². The highest BCUT2D eigenvalue weighted by Gasteiger charge is 2.18. The van der Waals surface area contributed by atoms with Gasteiger partial charge in [-0.2, -0.15) is 0 Å². The van der Waals surface area contributed by atoms with E-state index in [1.54, 1.807) is 0 Å². The van der Waals surface area contributed by atoms with Crippen molar-refractivity contribution in [2.45, 2.75) is 53.8 Å². The summed E-state index contributed by atoms with van der Waals surface area (Å²) < 4.78 is 2.21. The fourth-order valence-corrected chi connectivity index (χ4v) is 1.37. The molecule has 1 heterocycles. The number of nitrogens with one attached hydrogen (secondary N) is 1. The lowest BCUT2D eigenvalue weighted by atomic mass is 9.88. The molecule has 0 saturated carbocycles. The second kappa shape index (κ2) is 4.84. The summed E-state index contributed by atoms with van der Waals surface area (Å²) in [7, 11) is 0. The summed E-state index contributed by atoms with van der Waals surface area (Å²) in [5.41, 5.74) is 1.70. The molecule has 0 aromatic carbocycles. The Bertz CT molecular complexity index is 294. The zero-order chi connectivity index (χ0) is 11.5. The van der Waals surface area contributed by atoms with Crippen molar-refractivity contribution in [2.24, 2.45) is 5.41 Å². The number of nitrogens with zero attached hydrogens (tertiary/aromatic N) is 1. The predicted octanol–water partition coefficient (Wildman–Crippen LogP) is 3.03. The molecule has 0 amide bonds. The van der Waals surface area contributed by atoms with E-state index in [2.05, 4.69) is 63.0 Å². The molecule has 1 aromatic heterocycles. The molecule has 1 unspecified atom stereocenters. The number of hydrogen-bond donors (Lipinski definition) is 1. The van der Waals surface area contributed by atoms with E-state index < -0.39 is 0 Å². The standard InChI is InChI=1S/C13H24N2/c1-6-15-8-7-12(10-15)9-14-11(2)13(3,4)5/h7-8,10-11,14H,6,9H2,1-5H3. The van der Waals surface area contributed by atoms with Crippen LogP contribution >= 0.6 is 0 Å². The summed E-state index contributed by atoms with van der Waals surface area (Å²) >= 11 is 0. The third kappa shape index (κ3) is 3.71. The Balaban J connectivity index is 2.43. The van der Waals surface area contributed by atoms with Gasteiger partial charge in [-0.25, -0.2) is 0 Å². The molecule has 0 spiro atoms. The summed E-state index contributed by atoms with van der Waals surface area (Å²) in [6.07, 6.45) is 4.35. The zero-order valence-corrected chi connectivity index (χ0v) is 10.7. The highest BCUT2D eigenvalue weighted by atomic mass is 15.0. The largest absolute Gasteiger partial charge is 0.354 e. The van der Waals surface area contributed by atoms with Crippen LogP contribution in [-0.2, 0) is 13.1 Å². The summed E-state index contributed by atoms with van der Waals surface area (Å²) in [6.45, 7) is 13.2. The first-order valence-electron chi connectivity index (χ1n) is 5.81. The van der Waals surface area contributed by atoms with Crippen molar-refractivity contribution >= 4 is 0 Å². The van der Waals surface area contributed by atoms with E-state index in [-0.39, 0.29) is 0 Å². The highest BCUT2D eigenvalue weighted by Crippen LogP contribution is 2.18. The molecule has 1 aromatic rings. The Morgan fingerprint density at radius 1 is 1.40 bits per heavy atom. The Morgan fingerprint density at radius 2 is 2.07 bits per heavy atom. The Labute approximate surface area is 93.7 Å². The van der Waals surface area contributed by atoms with Crippen molar-refractivity contribution in [3.63, 3.8) is 0 Å². The van der Waals surface area contributed by atoms with Gasteiger partial charge >= 0.3 is 0 Å². The number of aryl methyl sites for hydroxylation is 1. The second-order valence-corrected chi connectivity index (χ2v) is 5.32. The lowest BCUT2D eigenvalue weighted by molar-refractivity contribution is 0.285. The maximum atomic E-state index is 3.56. The van der Waals surface area contributed by atoms with Crippen LogP contribution in [0.1, 0.15) is 40.2 Å². The summed E-state index contributed by atoms with van der Waals surface area (Å²) in [4.78, 5) is 0. The molecule has 1 N–H and O–H groups in total. The molecule has 2 heteroatoms. The summed E-state index contributed by atoms with van der Waals surface area (Å²) in [5, 5.41) is 3.56. The Morgan fingerprint density at radius 3 is 2.53 bits per heavy atom. The van der Waals surface area contributed by atoms with E-state index in [1.807, 2.05) is 0 Å². The molecule has 0 fully saturated rings. The molecule has 0 bridgehead atoms. The minimum absolute atomic E-state index is 0.327. The molecule has 0 aliphatic rings. The normalized spacial score (nSPS) is 14.2. The molecular formula is C13H24N2. The summed E-state index contributed by atoms with van der Waals surface area (Å²) in [6, 6.07) is 2.72. The van der Waals surface area contributed by atoms with Gasteiger partial charge in [-0.3, -0.25) is 0 Å². The second-order valence-electron chi connectivity index (χ2n) is 5.32. The highest BCUT2D eigenvalue weighted by molar-refractivity contribution is 5.10. The molecule has 0 radical (unpaired) electrons. The van der Waals surface area contributed by atoms with Crippen LogP contribution in [0.4, 0.5) is 0 Å². The van der Waals surface area contributed by atoms with Crippen LogP contribution < -0.4 is 5.32 Å². The van der Waals surface area contributed by atoms with Gasteiger partial charge in [0.1, 0.15) is 0 Å². The average Bonchev–Trinajstić information content (AvgIpc) is 2.60. The van der Waals surface area contributed by atoms with E-state index >= 15 is 0 Å². The lowest BCUT2D eigenvalue weighted by Gasteiger charge is -2.28. The SMILES string of the molecule is CCn1ccc(CNC(C)C(C)(C)C)c1. The number of rotatable bonds is 4. The fourth-order valence-electron chi connectivity index (χ4n) is 1.37. The molecule has 0 aliphatic heterocycles. The van der Waals surface area contributed by atoms with E-state index in [4.69, 9.17) is 0 Å². The van der Waals surface area contributed by atoms with Gasteiger partial charge in [0.2, 0.25) is 0 Å². The molecule has 2 nitrogen and oxygen atoms in total. The van der Waals surface area contributed by atoms with Crippen LogP contribution in [0.25, 0.3) is 0 Å². The molecule has 1 rings (SSSR count). The lowest BCUT2D eigenvalue weighted by Crippen LogP contribution is -2.37. The van der Waals surface area contributed by atoms with Gasteiger partial charge in [-0.15, -0.1) is 0 Å². The number of hydrogen-bond acceptors (Lipinski definition) is 1.